The van der Waals surface area contributed by atoms with E-state index in [1.165, 1.54) is 10.4 Å². The highest BCUT2D eigenvalue weighted by atomic mass is 35.5. The van der Waals surface area contributed by atoms with E-state index in [2.05, 4.69) is 4.98 Å². The molecule has 2 aromatic heterocycles. The van der Waals surface area contributed by atoms with E-state index in [1.807, 2.05) is 42.5 Å². The zero-order valence-corrected chi connectivity index (χ0v) is 19.9. The van der Waals surface area contributed by atoms with Crippen molar-refractivity contribution in [3.05, 3.63) is 83.5 Å². The zero-order chi connectivity index (χ0) is 23.7. The first kappa shape index (κ1) is 22.8. The second kappa shape index (κ2) is 9.33. The molecule has 0 bridgehead atoms. The van der Waals surface area contributed by atoms with E-state index in [1.54, 1.807) is 24.4 Å². The first-order valence-corrected chi connectivity index (χ1v) is 13.0. The Hall–Kier alpha value is -3.00. The summed E-state index contributed by atoms with van der Waals surface area (Å²) in [5, 5.41) is 1.26. The lowest BCUT2D eigenvalue weighted by atomic mass is 10.0. The van der Waals surface area contributed by atoms with E-state index in [0.29, 0.717) is 36.4 Å². The molecule has 1 aliphatic heterocycles. The summed E-state index contributed by atoms with van der Waals surface area (Å²) in [7, 11) is -3.90. The van der Waals surface area contributed by atoms with E-state index in [4.69, 9.17) is 16.0 Å². The van der Waals surface area contributed by atoms with Crippen molar-refractivity contribution in [2.75, 3.05) is 6.54 Å². The number of hydrogen-bond acceptors (Lipinski definition) is 5. The van der Waals surface area contributed by atoms with E-state index >= 15 is 0 Å². The van der Waals surface area contributed by atoms with Gasteiger partial charge in [0.15, 0.2) is 5.78 Å². The number of hydrogen-bond donors (Lipinski definition) is 0. The zero-order valence-electron chi connectivity index (χ0n) is 18.4. The molecule has 4 aromatic rings. The largest absolute Gasteiger partial charge is 0.443 e. The van der Waals surface area contributed by atoms with E-state index in [0.717, 1.165) is 22.2 Å². The maximum absolute atomic E-state index is 13.3. The maximum Gasteiger partial charge on any atom is 0.277 e. The number of nitrogens with zero attached hydrogens (tertiary/aromatic N) is 2. The predicted molar refractivity (Wildman–Crippen MR) is 131 cm³/mol. The standard InChI is InChI=1S/C26H23ClN2O4S/c27-21-10-8-19(9-11-21)22-16-18(13-14-28-22)7-12-24(30)23-5-3-15-29(23)34(31,32)26-17-20-4-1-2-6-25(20)33-26/h1-2,4,6,8-11,13-14,16-17,23H,3,5,7,12,15H2. The summed E-state index contributed by atoms with van der Waals surface area (Å²) < 4.78 is 33.5. The minimum atomic E-state index is -3.90. The van der Waals surface area contributed by atoms with Crippen molar-refractivity contribution in [2.45, 2.75) is 36.8 Å². The number of pyridine rings is 1. The summed E-state index contributed by atoms with van der Waals surface area (Å²) in [5.41, 5.74) is 3.23. The Balaban J connectivity index is 1.30. The Bertz CT molecular complexity index is 1410. The molecule has 8 heteroatoms. The van der Waals surface area contributed by atoms with Crippen LogP contribution in [0.1, 0.15) is 24.8 Å². The number of sulfonamides is 1. The minimum absolute atomic E-state index is 0.0814. The van der Waals surface area contributed by atoms with Gasteiger partial charge in [-0.2, -0.15) is 4.31 Å². The Kier molecular flexibility index (Phi) is 6.25. The van der Waals surface area contributed by atoms with Crippen molar-refractivity contribution in [3.63, 3.8) is 0 Å². The van der Waals surface area contributed by atoms with Gasteiger partial charge in [-0.25, -0.2) is 8.42 Å². The van der Waals surface area contributed by atoms with Gasteiger partial charge in [0.1, 0.15) is 5.58 Å². The lowest BCUT2D eigenvalue weighted by Crippen LogP contribution is -2.40. The van der Waals surface area contributed by atoms with Gasteiger partial charge in [-0.15, -0.1) is 0 Å². The number of carbonyl (C=O) groups is 1. The van der Waals surface area contributed by atoms with Gasteiger partial charge in [0, 0.05) is 41.2 Å². The number of carbonyl (C=O) groups excluding carboxylic acids is 1. The summed E-state index contributed by atoms with van der Waals surface area (Å²) in [6.45, 7) is 0.311. The molecule has 3 heterocycles. The van der Waals surface area contributed by atoms with Crippen molar-refractivity contribution in [1.82, 2.24) is 9.29 Å². The van der Waals surface area contributed by atoms with Crippen LogP contribution >= 0.6 is 11.6 Å². The maximum atomic E-state index is 13.3. The van der Waals surface area contributed by atoms with Crippen LogP contribution in [0.5, 0.6) is 0 Å². The van der Waals surface area contributed by atoms with Crippen molar-refractivity contribution >= 4 is 38.4 Å². The van der Waals surface area contributed by atoms with Crippen LogP contribution in [0.3, 0.4) is 0 Å². The predicted octanol–water partition coefficient (Wildman–Crippen LogP) is 5.50. The minimum Gasteiger partial charge on any atom is -0.443 e. The number of aryl methyl sites for hydroxylation is 1. The fraction of sp³-hybridized carbons (Fsp3) is 0.231. The molecule has 0 N–H and O–H groups in total. The Morgan fingerprint density at radius 3 is 2.68 bits per heavy atom. The van der Waals surface area contributed by atoms with Gasteiger partial charge >= 0.3 is 0 Å². The molecular formula is C26H23ClN2O4S. The molecule has 1 saturated heterocycles. The molecular weight excluding hydrogens is 472 g/mol. The third-order valence-corrected chi connectivity index (χ3v) is 8.18. The third kappa shape index (κ3) is 4.51. The molecule has 174 valence electrons. The Morgan fingerprint density at radius 2 is 1.88 bits per heavy atom. The molecule has 1 atom stereocenters. The second-order valence-electron chi connectivity index (χ2n) is 8.40. The molecule has 0 amide bonds. The summed E-state index contributed by atoms with van der Waals surface area (Å²) >= 11 is 5.97. The molecule has 5 rings (SSSR count). The van der Waals surface area contributed by atoms with Crippen molar-refractivity contribution in [2.24, 2.45) is 0 Å². The molecule has 0 spiro atoms. The van der Waals surface area contributed by atoms with Crippen LogP contribution < -0.4 is 0 Å². The summed E-state index contributed by atoms with van der Waals surface area (Å²) in [5.74, 6) is -0.0814. The third-order valence-electron chi connectivity index (χ3n) is 6.17. The molecule has 34 heavy (non-hydrogen) atoms. The quantitative estimate of drug-likeness (QED) is 0.338. The monoisotopic (exact) mass is 494 g/mol. The number of benzene rings is 2. The highest BCUT2D eigenvalue weighted by molar-refractivity contribution is 7.89. The lowest BCUT2D eigenvalue weighted by molar-refractivity contribution is -0.122. The Labute approximate surface area is 203 Å². The van der Waals surface area contributed by atoms with E-state index in [-0.39, 0.29) is 17.3 Å². The van der Waals surface area contributed by atoms with Crippen LogP contribution in [0.4, 0.5) is 0 Å². The molecule has 2 aromatic carbocycles. The summed E-state index contributed by atoms with van der Waals surface area (Å²) in [6.07, 6.45) is 3.64. The fourth-order valence-corrected chi connectivity index (χ4v) is 6.15. The van der Waals surface area contributed by atoms with Crippen LogP contribution in [0.15, 0.2) is 82.4 Å². The summed E-state index contributed by atoms with van der Waals surface area (Å²) in [4.78, 5) is 17.5. The van der Waals surface area contributed by atoms with Crippen LogP contribution in [0, 0.1) is 0 Å². The number of para-hydroxylation sites is 1. The van der Waals surface area contributed by atoms with Gasteiger partial charge in [0.05, 0.1) is 11.7 Å². The normalized spacial score (nSPS) is 16.8. The van der Waals surface area contributed by atoms with Gasteiger partial charge in [-0.3, -0.25) is 9.78 Å². The van der Waals surface area contributed by atoms with E-state index < -0.39 is 16.1 Å². The SMILES string of the molecule is O=C(CCc1ccnc(-c2ccc(Cl)cc2)c1)C1CCCN1S(=O)(=O)c1cc2ccccc2o1. The van der Waals surface area contributed by atoms with E-state index in [9.17, 15) is 13.2 Å². The number of Topliss-reactive ketones (excluding diaryl/α,β-unsaturated/α-hetero) is 1. The number of furan rings is 1. The average molecular weight is 495 g/mol. The summed E-state index contributed by atoms with van der Waals surface area (Å²) in [6, 6.07) is 19.3. The highest BCUT2D eigenvalue weighted by Gasteiger charge is 2.40. The van der Waals surface area contributed by atoms with Crippen molar-refractivity contribution in [1.29, 1.82) is 0 Å². The van der Waals surface area contributed by atoms with Gasteiger partial charge in [0.25, 0.3) is 10.0 Å². The van der Waals surface area contributed by atoms with Gasteiger partial charge in [0.2, 0.25) is 5.09 Å². The van der Waals surface area contributed by atoms with Crippen LogP contribution in [0.2, 0.25) is 5.02 Å². The first-order chi connectivity index (χ1) is 16.4. The van der Waals surface area contributed by atoms with Crippen molar-refractivity contribution in [3.8, 4) is 11.3 Å². The number of rotatable bonds is 7. The van der Waals surface area contributed by atoms with Crippen LogP contribution in [-0.4, -0.2) is 36.1 Å². The average Bonchev–Trinajstić information content (AvgIpc) is 3.51. The van der Waals surface area contributed by atoms with Gasteiger partial charge in [-0.1, -0.05) is 41.9 Å². The molecule has 6 nitrogen and oxygen atoms in total. The lowest BCUT2D eigenvalue weighted by Gasteiger charge is -2.21. The number of halogens is 1. The Morgan fingerprint density at radius 1 is 1.09 bits per heavy atom. The van der Waals surface area contributed by atoms with Crippen LogP contribution in [0.25, 0.3) is 22.2 Å². The number of aromatic nitrogens is 1. The molecule has 0 aliphatic carbocycles. The fourth-order valence-electron chi connectivity index (χ4n) is 4.39. The highest BCUT2D eigenvalue weighted by Crippen LogP contribution is 2.31. The number of ketones is 1. The molecule has 0 radical (unpaired) electrons. The molecule has 1 aliphatic rings. The van der Waals surface area contributed by atoms with Crippen molar-refractivity contribution < 1.29 is 17.6 Å². The molecule has 0 saturated carbocycles. The number of fused-ring (bicyclic) bond motifs is 1. The second-order valence-corrected chi connectivity index (χ2v) is 10.7. The topological polar surface area (TPSA) is 80.5 Å². The van der Waals surface area contributed by atoms with Crippen LogP contribution in [-0.2, 0) is 21.2 Å². The molecule has 1 fully saturated rings. The van der Waals surface area contributed by atoms with Gasteiger partial charge in [-0.05, 0) is 55.2 Å². The smallest absolute Gasteiger partial charge is 0.277 e. The molecule has 1 unspecified atom stereocenters. The van der Waals surface area contributed by atoms with Gasteiger partial charge < -0.3 is 4.42 Å². The first-order valence-electron chi connectivity index (χ1n) is 11.2.